The van der Waals surface area contributed by atoms with Crippen LogP contribution < -0.4 is 19.1 Å². The molecule has 0 spiro atoms. The van der Waals surface area contributed by atoms with E-state index in [2.05, 4.69) is 5.32 Å². The van der Waals surface area contributed by atoms with Gasteiger partial charge >= 0.3 is 0 Å². The van der Waals surface area contributed by atoms with Gasteiger partial charge in [-0.1, -0.05) is 18.0 Å². The third-order valence-corrected chi connectivity index (χ3v) is 9.14. The summed E-state index contributed by atoms with van der Waals surface area (Å²) >= 11 is 6.02. The molecule has 0 aromatic heterocycles. The maximum absolute atomic E-state index is 13.1. The topological polar surface area (TPSA) is 122 Å². The molecule has 1 N–H and O–H groups in total. The highest BCUT2D eigenvalue weighted by atomic mass is 35.5. The van der Waals surface area contributed by atoms with E-state index in [0.29, 0.717) is 18.1 Å². The van der Waals surface area contributed by atoms with E-state index in [1.165, 1.54) is 47.8 Å². The molecule has 0 bridgehead atoms. The lowest BCUT2D eigenvalue weighted by Gasteiger charge is -2.34. The fourth-order valence-corrected chi connectivity index (χ4v) is 6.70. The maximum atomic E-state index is 13.1. The molecule has 2 aliphatic heterocycles. The van der Waals surface area contributed by atoms with E-state index in [1.54, 1.807) is 0 Å². The van der Waals surface area contributed by atoms with E-state index in [0.717, 1.165) is 29.8 Å². The molecule has 1 atom stereocenters. The lowest BCUT2D eigenvalue weighted by molar-refractivity contribution is -0.122. The molecule has 13 heteroatoms. The zero-order valence-corrected chi connectivity index (χ0v) is 21.6. The Hall–Kier alpha value is -2.54. The average molecular weight is 544 g/mol. The minimum Gasteiger partial charge on any atom is -0.495 e. The number of amides is 1. The van der Waals surface area contributed by atoms with Gasteiger partial charge in [0, 0.05) is 18.1 Å². The van der Waals surface area contributed by atoms with Crippen molar-refractivity contribution in [2.24, 2.45) is 0 Å². The molecular weight excluding hydrogens is 518 g/mol. The van der Waals surface area contributed by atoms with Gasteiger partial charge in [0.15, 0.2) is 6.10 Å². The van der Waals surface area contributed by atoms with Gasteiger partial charge in [-0.3, -0.25) is 9.10 Å². The molecule has 35 heavy (non-hydrogen) atoms. The van der Waals surface area contributed by atoms with Gasteiger partial charge in [0.05, 0.1) is 36.2 Å². The number of hydrogen-bond donors (Lipinski definition) is 1. The minimum absolute atomic E-state index is 0.0258. The Morgan fingerprint density at radius 3 is 2.46 bits per heavy atom. The van der Waals surface area contributed by atoms with Crippen LogP contribution in [-0.4, -0.2) is 66.2 Å². The first-order chi connectivity index (χ1) is 16.5. The summed E-state index contributed by atoms with van der Waals surface area (Å²) in [7, 11) is -6.09. The molecule has 1 amide bonds. The van der Waals surface area contributed by atoms with Gasteiger partial charge in [0.25, 0.3) is 5.91 Å². The molecule has 1 saturated heterocycles. The van der Waals surface area contributed by atoms with Gasteiger partial charge in [-0.15, -0.1) is 0 Å². The quantitative estimate of drug-likeness (QED) is 0.594. The predicted molar refractivity (Wildman–Crippen MR) is 132 cm³/mol. The molecule has 0 unspecified atom stereocenters. The van der Waals surface area contributed by atoms with Gasteiger partial charge < -0.3 is 14.8 Å². The van der Waals surface area contributed by atoms with E-state index < -0.39 is 32.1 Å². The smallest absolute Gasteiger partial charge is 0.267 e. The summed E-state index contributed by atoms with van der Waals surface area (Å²) in [5, 5.41) is 2.96. The van der Waals surface area contributed by atoms with Crippen LogP contribution in [0.2, 0.25) is 5.02 Å². The zero-order chi connectivity index (χ0) is 25.4. The largest absolute Gasteiger partial charge is 0.495 e. The number of benzene rings is 2. The minimum atomic E-state index is -3.75. The standard InChI is InChI=1S/C22H26ClN3O7S2/c1-32-19-9-7-16(35(30,31)25-10-4-3-5-11-25)13-17(19)24-22(27)21-14-26(34(2,28)29)18-12-15(23)6-8-20(18)33-21/h6-9,12-13,21H,3-5,10-11,14H2,1-2H3,(H,24,27)/t21-/m1/s1. The summed E-state index contributed by atoms with van der Waals surface area (Å²) in [6.07, 6.45) is 2.39. The van der Waals surface area contributed by atoms with Crippen LogP contribution in [0.5, 0.6) is 11.5 Å². The van der Waals surface area contributed by atoms with Crippen LogP contribution in [-0.2, 0) is 24.8 Å². The molecule has 190 valence electrons. The maximum Gasteiger partial charge on any atom is 0.267 e. The Balaban J connectivity index is 1.62. The molecule has 4 rings (SSSR count). The van der Waals surface area contributed by atoms with Crippen LogP contribution in [0.3, 0.4) is 0 Å². The second-order valence-electron chi connectivity index (χ2n) is 8.33. The van der Waals surface area contributed by atoms with Crippen LogP contribution in [0.25, 0.3) is 0 Å². The lowest BCUT2D eigenvalue weighted by atomic mass is 10.2. The van der Waals surface area contributed by atoms with Gasteiger partial charge in [-0.2, -0.15) is 4.31 Å². The SMILES string of the molecule is COc1ccc(S(=O)(=O)N2CCCCC2)cc1NC(=O)[C@H]1CN(S(C)(=O)=O)c2cc(Cl)ccc2O1. The summed E-state index contributed by atoms with van der Waals surface area (Å²) in [5.74, 6) is -0.233. The number of nitrogens with zero attached hydrogens (tertiary/aromatic N) is 2. The second-order valence-corrected chi connectivity index (χ2v) is 12.6. The number of methoxy groups -OCH3 is 1. The summed E-state index contributed by atoms with van der Waals surface area (Å²) in [4.78, 5) is 13.2. The monoisotopic (exact) mass is 543 g/mol. The van der Waals surface area contributed by atoms with Crippen molar-refractivity contribution in [2.75, 3.05) is 42.6 Å². The number of halogens is 1. The highest BCUT2D eigenvalue weighted by molar-refractivity contribution is 7.92. The number of piperidine rings is 1. The number of fused-ring (bicyclic) bond motifs is 1. The third-order valence-electron chi connectivity index (χ3n) is 5.86. The molecule has 2 heterocycles. The number of anilines is 2. The number of nitrogens with one attached hydrogen (secondary N) is 1. The normalized spacial score (nSPS) is 18.9. The van der Waals surface area contributed by atoms with Crippen molar-refractivity contribution in [2.45, 2.75) is 30.3 Å². The lowest BCUT2D eigenvalue weighted by Crippen LogP contribution is -2.48. The predicted octanol–water partition coefficient (Wildman–Crippen LogP) is 2.69. The summed E-state index contributed by atoms with van der Waals surface area (Å²) in [6, 6.07) is 8.70. The van der Waals surface area contributed by atoms with E-state index in [4.69, 9.17) is 21.1 Å². The van der Waals surface area contributed by atoms with E-state index >= 15 is 0 Å². The molecule has 10 nitrogen and oxygen atoms in total. The number of carbonyl (C=O) groups is 1. The Morgan fingerprint density at radius 2 is 1.80 bits per heavy atom. The Morgan fingerprint density at radius 1 is 1.09 bits per heavy atom. The fraction of sp³-hybridized carbons (Fsp3) is 0.409. The molecule has 2 aromatic carbocycles. The molecule has 0 aliphatic carbocycles. The third kappa shape index (κ3) is 5.35. The molecule has 1 fully saturated rings. The van der Waals surface area contributed by atoms with Crippen molar-refractivity contribution in [3.63, 3.8) is 0 Å². The number of sulfonamides is 2. The van der Waals surface area contributed by atoms with Crippen molar-refractivity contribution < 1.29 is 31.1 Å². The van der Waals surface area contributed by atoms with E-state index in [-0.39, 0.29) is 34.3 Å². The Bertz CT molecular complexity index is 1340. The van der Waals surface area contributed by atoms with Crippen molar-refractivity contribution in [3.05, 3.63) is 41.4 Å². The number of rotatable bonds is 6. The summed E-state index contributed by atoms with van der Waals surface area (Å²) in [6.45, 7) is 0.597. The molecule has 0 radical (unpaired) electrons. The first kappa shape index (κ1) is 25.5. The van der Waals surface area contributed by atoms with Crippen molar-refractivity contribution in [1.82, 2.24) is 4.31 Å². The van der Waals surface area contributed by atoms with Crippen molar-refractivity contribution >= 4 is 48.9 Å². The highest BCUT2D eigenvalue weighted by Gasteiger charge is 2.36. The number of carbonyl (C=O) groups excluding carboxylic acids is 1. The first-order valence-corrected chi connectivity index (χ1v) is 14.6. The summed E-state index contributed by atoms with van der Waals surface area (Å²) < 4.78 is 64.6. The van der Waals surface area contributed by atoms with Crippen LogP contribution in [0.1, 0.15) is 19.3 Å². The number of hydrogen-bond acceptors (Lipinski definition) is 7. The van der Waals surface area contributed by atoms with Crippen molar-refractivity contribution in [1.29, 1.82) is 0 Å². The van der Waals surface area contributed by atoms with Crippen LogP contribution in [0.4, 0.5) is 11.4 Å². The number of ether oxygens (including phenoxy) is 2. The highest BCUT2D eigenvalue weighted by Crippen LogP contribution is 2.37. The van der Waals surface area contributed by atoms with Gasteiger partial charge in [-0.25, -0.2) is 16.8 Å². The first-order valence-electron chi connectivity index (χ1n) is 10.9. The Labute approximate surface area is 209 Å². The zero-order valence-electron chi connectivity index (χ0n) is 19.2. The van der Waals surface area contributed by atoms with Gasteiger partial charge in [0.2, 0.25) is 20.0 Å². The van der Waals surface area contributed by atoms with Gasteiger partial charge in [-0.05, 0) is 49.2 Å². The van der Waals surface area contributed by atoms with Crippen LogP contribution >= 0.6 is 11.6 Å². The van der Waals surface area contributed by atoms with E-state index in [9.17, 15) is 21.6 Å². The molecular formula is C22H26ClN3O7S2. The van der Waals surface area contributed by atoms with Crippen molar-refractivity contribution in [3.8, 4) is 11.5 Å². The summed E-state index contributed by atoms with van der Waals surface area (Å²) in [5.41, 5.74) is 0.364. The molecule has 2 aliphatic rings. The molecule has 2 aromatic rings. The molecule has 0 saturated carbocycles. The second kappa shape index (κ2) is 9.84. The van der Waals surface area contributed by atoms with Crippen LogP contribution in [0, 0.1) is 0 Å². The fourth-order valence-electron chi connectivity index (χ4n) is 4.09. The Kier molecular flexibility index (Phi) is 7.18. The average Bonchev–Trinajstić information content (AvgIpc) is 2.83. The van der Waals surface area contributed by atoms with Gasteiger partial charge in [0.1, 0.15) is 11.5 Å². The van der Waals surface area contributed by atoms with Crippen LogP contribution in [0.15, 0.2) is 41.3 Å². The van der Waals surface area contributed by atoms with E-state index in [1.807, 2.05) is 0 Å².